The standard InChI is InChI=1S/C14H19NO4S/c1-14(2,3)20(18)15-11(12(15)13(16)17)9-5-7-10(19-4)8-6-9/h5-8,11-12H,1-4H3,(H,16,17)/t11-,12-,15?,20?/m0/s1. The Bertz CT molecular complexity index is 535. The molecule has 0 saturated carbocycles. The lowest BCUT2D eigenvalue weighted by atomic mass is 10.1. The van der Waals surface area contributed by atoms with E-state index in [0.717, 1.165) is 5.56 Å². The highest BCUT2D eigenvalue weighted by Crippen LogP contribution is 2.47. The fraction of sp³-hybridized carbons (Fsp3) is 0.500. The molecule has 1 saturated heterocycles. The number of benzene rings is 1. The first-order chi connectivity index (χ1) is 9.27. The van der Waals surface area contributed by atoms with Crippen molar-refractivity contribution in [1.82, 2.24) is 4.31 Å². The van der Waals surface area contributed by atoms with Gasteiger partial charge in [0.15, 0.2) is 0 Å². The molecule has 1 heterocycles. The first-order valence-electron chi connectivity index (χ1n) is 6.34. The molecule has 1 aliphatic rings. The summed E-state index contributed by atoms with van der Waals surface area (Å²) in [4.78, 5) is 11.3. The van der Waals surface area contributed by atoms with Crippen molar-refractivity contribution in [3.05, 3.63) is 29.8 Å². The monoisotopic (exact) mass is 297 g/mol. The Labute approximate surface area is 121 Å². The first kappa shape index (κ1) is 15.0. The van der Waals surface area contributed by atoms with Crippen LogP contribution in [-0.4, -0.2) is 37.5 Å². The van der Waals surface area contributed by atoms with Crippen molar-refractivity contribution in [3.8, 4) is 5.75 Å². The van der Waals surface area contributed by atoms with Gasteiger partial charge in [-0.05, 0) is 38.5 Å². The predicted octanol–water partition coefficient (Wildman–Crippen LogP) is 1.97. The van der Waals surface area contributed by atoms with Crippen LogP contribution >= 0.6 is 0 Å². The summed E-state index contributed by atoms with van der Waals surface area (Å²) in [6.07, 6.45) is 0. The quantitative estimate of drug-likeness (QED) is 0.863. The van der Waals surface area contributed by atoms with Crippen LogP contribution in [0.25, 0.3) is 0 Å². The minimum Gasteiger partial charge on any atom is -0.497 e. The van der Waals surface area contributed by atoms with Crippen molar-refractivity contribution in [1.29, 1.82) is 0 Å². The van der Waals surface area contributed by atoms with E-state index in [-0.39, 0.29) is 6.04 Å². The highest BCUT2D eigenvalue weighted by Gasteiger charge is 2.58. The van der Waals surface area contributed by atoms with Crippen LogP contribution in [0.15, 0.2) is 24.3 Å². The molecule has 1 fully saturated rings. The molecule has 0 bridgehead atoms. The van der Waals surface area contributed by atoms with Gasteiger partial charge in [-0.15, -0.1) is 0 Å². The number of hydrogen-bond donors (Lipinski definition) is 1. The molecule has 110 valence electrons. The van der Waals surface area contributed by atoms with Crippen LogP contribution in [0.5, 0.6) is 5.75 Å². The third kappa shape index (κ3) is 2.71. The molecule has 2 unspecified atom stereocenters. The van der Waals surface area contributed by atoms with E-state index < -0.39 is 27.7 Å². The lowest BCUT2D eigenvalue weighted by molar-refractivity contribution is -0.137. The zero-order valence-electron chi connectivity index (χ0n) is 12.0. The van der Waals surface area contributed by atoms with E-state index in [2.05, 4.69) is 0 Å². The van der Waals surface area contributed by atoms with Crippen molar-refractivity contribution < 1.29 is 18.8 Å². The highest BCUT2D eigenvalue weighted by molar-refractivity contribution is 7.84. The molecule has 0 aliphatic carbocycles. The van der Waals surface area contributed by atoms with Gasteiger partial charge in [-0.25, -0.2) is 4.21 Å². The summed E-state index contributed by atoms with van der Waals surface area (Å²) in [5.74, 6) is -0.229. The number of carboxylic acid groups (broad SMARTS) is 1. The normalized spacial score (nSPS) is 26.9. The Balaban J connectivity index is 2.26. The second-order valence-corrected chi connectivity index (χ2v) is 7.87. The molecule has 4 atom stereocenters. The number of hydrogen-bond acceptors (Lipinski definition) is 3. The average molecular weight is 297 g/mol. The second kappa shape index (κ2) is 5.18. The molecule has 20 heavy (non-hydrogen) atoms. The van der Waals surface area contributed by atoms with Gasteiger partial charge in [0.2, 0.25) is 0 Å². The van der Waals surface area contributed by atoms with Crippen LogP contribution in [0.3, 0.4) is 0 Å². The van der Waals surface area contributed by atoms with E-state index in [1.54, 1.807) is 23.5 Å². The fourth-order valence-electron chi connectivity index (χ4n) is 2.11. The van der Waals surface area contributed by atoms with Gasteiger partial charge in [0.05, 0.1) is 17.9 Å². The number of ether oxygens (including phenoxy) is 1. The van der Waals surface area contributed by atoms with Gasteiger partial charge in [-0.2, -0.15) is 4.31 Å². The van der Waals surface area contributed by atoms with Gasteiger partial charge in [-0.1, -0.05) is 12.1 Å². The van der Waals surface area contributed by atoms with E-state index in [1.165, 1.54) is 0 Å². The molecule has 2 rings (SSSR count). The summed E-state index contributed by atoms with van der Waals surface area (Å²) >= 11 is 0. The molecule has 1 N–H and O–H groups in total. The largest absolute Gasteiger partial charge is 0.497 e. The van der Waals surface area contributed by atoms with E-state index in [0.29, 0.717) is 5.75 Å². The van der Waals surface area contributed by atoms with Crippen molar-refractivity contribution in [2.45, 2.75) is 37.6 Å². The topological polar surface area (TPSA) is 66.6 Å². The number of rotatable bonds is 4. The summed E-state index contributed by atoms with van der Waals surface area (Å²) in [5.41, 5.74) is 0.843. The van der Waals surface area contributed by atoms with Crippen LogP contribution in [0.2, 0.25) is 0 Å². The Morgan fingerprint density at radius 2 is 1.85 bits per heavy atom. The van der Waals surface area contributed by atoms with Gasteiger partial charge in [-0.3, -0.25) is 4.79 Å². The zero-order valence-corrected chi connectivity index (χ0v) is 12.8. The predicted molar refractivity (Wildman–Crippen MR) is 76.9 cm³/mol. The SMILES string of the molecule is COc1ccc([C@H]2[C@@H](C(=O)O)N2S(=O)C(C)(C)C)cc1. The number of methoxy groups -OCH3 is 1. The van der Waals surface area contributed by atoms with E-state index in [1.807, 2.05) is 32.9 Å². The molecule has 0 aromatic heterocycles. The van der Waals surface area contributed by atoms with Gasteiger partial charge >= 0.3 is 5.97 Å². The first-order valence-corrected chi connectivity index (χ1v) is 7.45. The summed E-state index contributed by atoms with van der Waals surface area (Å²) in [5, 5.41) is 9.27. The molecule has 1 aromatic carbocycles. The average Bonchev–Trinajstić information content (AvgIpc) is 3.12. The van der Waals surface area contributed by atoms with Crippen LogP contribution in [0.1, 0.15) is 32.4 Å². The van der Waals surface area contributed by atoms with Gasteiger partial charge in [0, 0.05) is 0 Å². The molecule has 5 nitrogen and oxygen atoms in total. The molecular formula is C14H19NO4S. The van der Waals surface area contributed by atoms with Crippen LogP contribution in [0, 0.1) is 0 Å². The van der Waals surface area contributed by atoms with Gasteiger partial charge in [0.1, 0.15) is 22.8 Å². The van der Waals surface area contributed by atoms with Crippen molar-refractivity contribution in [3.63, 3.8) is 0 Å². The lowest BCUT2D eigenvalue weighted by Gasteiger charge is -2.18. The third-order valence-electron chi connectivity index (χ3n) is 3.18. The highest BCUT2D eigenvalue weighted by atomic mass is 32.2. The Kier molecular flexibility index (Phi) is 3.88. The third-order valence-corrected chi connectivity index (χ3v) is 5.07. The molecule has 1 aliphatic heterocycles. The fourth-order valence-corrected chi connectivity index (χ4v) is 3.54. The maximum absolute atomic E-state index is 12.4. The van der Waals surface area contributed by atoms with E-state index in [4.69, 9.17) is 4.74 Å². The minimum absolute atomic E-state index is 0.335. The van der Waals surface area contributed by atoms with E-state index >= 15 is 0 Å². The maximum atomic E-state index is 12.4. The second-order valence-electron chi connectivity index (χ2n) is 5.72. The minimum atomic E-state index is -1.35. The van der Waals surface area contributed by atoms with Gasteiger partial charge in [0.25, 0.3) is 0 Å². The molecule has 0 spiro atoms. The summed E-state index contributed by atoms with van der Waals surface area (Å²) in [6, 6.07) is 6.15. The zero-order chi connectivity index (χ0) is 15.1. The Hall–Kier alpha value is -1.40. The molecular weight excluding hydrogens is 278 g/mol. The van der Waals surface area contributed by atoms with Gasteiger partial charge < -0.3 is 9.84 Å². The molecule has 1 aromatic rings. The van der Waals surface area contributed by atoms with E-state index in [9.17, 15) is 14.1 Å². The number of aliphatic carboxylic acids is 1. The van der Waals surface area contributed by atoms with Crippen molar-refractivity contribution >= 4 is 17.0 Å². The smallest absolute Gasteiger partial charge is 0.323 e. The number of carboxylic acids is 1. The molecule has 0 amide bonds. The van der Waals surface area contributed by atoms with Crippen LogP contribution in [-0.2, 0) is 15.8 Å². The van der Waals surface area contributed by atoms with Crippen molar-refractivity contribution in [2.24, 2.45) is 0 Å². The Morgan fingerprint density at radius 1 is 1.30 bits per heavy atom. The molecule has 0 radical (unpaired) electrons. The maximum Gasteiger partial charge on any atom is 0.323 e. The summed E-state index contributed by atoms with van der Waals surface area (Å²) in [6.45, 7) is 5.52. The van der Waals surface area contributed by atoms with Crippen LogP contribution in [0.4, 0.5) is 0 Å². The van der Waals surface area contributed by atoms with Crippen LogP contribution < -0.4 is 4.74 Å². The summed E-state index contributed by atoms with van der Waals surface area (Å²) in [7, 11) is 0.232. The van der Waals surface area contributed by atoms with Crippen molar-refractivity contribution in [2.75, 3.05) is 7.11 Å². The molecule has 6 heteroatoms. The number of nitrogens with zero attached hydrogens (tertiary/aromatic N) is 1. The Morgan fingerprint density at radius 3 is 2.25 bits per heavy atom. The summed E-state index contributed by atoms with van der Waals surface area (Å²) < 4.78 is 18.5. The lowest BCUT2D eigenvalue weighted by Crippen LogP contribution is -2.29. The number of carbonyl (C=O) groups is 1.